The van der Waals surface area contributed by atoms with Crippen molar-refractivity contribution in [2.75, 3.05) is 33.4 Å². The van der Waals surface area contributed by atoms with Crippen LogP contribution in [0.1, 0.15) is 49.7 Å². The van der Waals surface area contributed by atoms with Gasteiger partial charge in [-0.15, -0.1) is 0 Å². The number of methoxy groups -OCH3 is 1. The number of hydrogen-bond acceptors (Lipinski definition) is 5. The van der Waals surface area contributed by atoms with Crippen molar-refractivity contribution in [2.24, 2.45) is 5.92 Å². The highest BCUT2D eigenvalue weighted by Gasteiger charge is 2.53. The zero-order chi connectivity index (χ0) is 23.7. The first-order valence-corrected chi connectivity index (χ1v) is 12.4. The van der Waals surface area contributed by atoms with E-state index in [0.29, 0.717) is 37.8 Å². The minimum Gasteiger partial charge on any atom is -0.493 e. The third kappa shape index (κ3) is 3.98. The fraction of sp³-hybridized carbons (Fsp3) is 0.500. The molecule has 0 bridgehead atoms. The highest BCUT2D eigenvalue weighted by Crippen LogP contribution is 2.50. The average molecular weight is 463 g/mol. The fourth-order valence-corrected chi connectivity index (χ4v) is 6.41. The molecule has 0 saturated carbocycles. The summed E-state index contributed by atoms with van der Waals surface area (Å²) in [6, 6.07) is 16.4. The van der Waals surface area contributed by atoms with Crippen molar-refractivity contribution >= 4 is 11.7 Å². The number of nitrogens with one attached hydrogen (secondary N) is 1. The Labute approximate surface area is 201 Å². The Morgan fingerprint density at radius 1 is 1.18 bits per heavy atom. The molecule has 2 fully saturated rings. The molecular weight excluding hydrogens is 428 g/mol. The number of Topliss-reactive ketones (excluding diaryl/α,β-unsaturated/α-hetero) is 1. The molecule has 3 aliphatic rings. The molecule has 0 aromatic heterocycles. The van der Waals surface area contributed by atoms with Crippen LogP contribution in [0.3, 0.4) is 0 Å². The maximum atomic E-state index is 14.2. The lowest BCUT2D eigenvalue weighted by Crippen LogP contribution is -2.53. The third-order valence-corrected chi connectivity index (χ3v) is 8.08. The molecule has 3 heterocycles. The normalized spacial score (nSPS) is 28.3. The van der Waals surface area contributed by atoms with Gasteiger partial charge in [-0.25, -0.2) is 0 Å². The van der Waals surface area contributed by atoms with E-state index in [2.05, 4.69) is 35.6 Å². The SMILES string of the molecule is COc1cccc2c1OCC[C@]21CNC[C@H]1C(=O)N1CCC(c2ccccc2)CC1CC(C)=O. The van der Waals surface area contributed by atoms with E-state index in [9.17, 15) is 9.59 Å². The van der Waals surface area contributed by atoms with Gasteiger partial charge in [0.25, 0.3) is 0 Å². The first-order valence-electron chi connectivity index (χ1n) is 12.4. The molecule has 1 spiro atoms. The summed E-state index contributed by atoms with van der Waals surface area (Å²) in [7, 11) is 1.65. The van der Waals surface area contributed by atoms with Gasteiger partial charge in [-0.3, -0.25) is 9.59 Å². The van der Waals surface area contributed by atoms with Gasteiger partial charge in [-0.05, 0) is 43.7 Å². The van der Waals surface area contributed by atoms with Gasteiger partial charge in [-0.1, -0.05) is 42.5 Å². The predicted molar refractivity (Wildman–Crippen MR) is 130 cm³/mol. The van der Waals surface area contributed by atoms with E-state index >= 15 is 0 Å². The maximum absolute atomic E-state index is 14.2. The van der Waals surface area contributed by atoms with E-state index in [1.165, 1.54) is 5.56 Å². The average Bonchev–Trinajstić information content (AvgIpc) is 3.27. The second kappa shape index (κ2) is 9.41. The van der Waals surface area contributed by atoms with Crippen LogP contribution in [0.4, 0.5) is 0 Å². The lowest BCUT2D eigenvalue weighted by Gasteiger charge is -2.45. The molecule has 180 valence electrons. The minimum atomic E-state index is -0.323. The maximum Gasteiger partial charge on any atom is 0.228 e. The summed E-state index contributed by atoms with van der Waals surface area (Å²) >= 11 is 0. The molecule has 2 aromatic rings. The number of fused-ring (bicyclic) bond motifs is 2. The Morgan fingerprint density at radius 2 is 2.00 bits per heavy atom. The Hall–Kier alpha value is -2.86. The molecule has 0 radical (unpaired) electrons. The first-order chi connectivity index (χ1) is 16.5. The minimum absolute atomic E-state index is 0.0637. The van der Waals surface area contributed by atoms with E-state index < -0.39 is 0 Å². The van der Waals surface area contributed by atoms with Gasteiger partial charge in [0.2, 0.25) is 5.91 Å². The molecule has 3 aliphatic heterocycles. The summed E-state index contributed by atoms with van der Waals surface area (Å²) < 4.78 is 11.6. The Bertz CT molecular complexity index is 1060. The quantitative estimate of drug-likeness (QED) is 0.734. The molecule has 5 rings (SSSR count). The molecular formula is C28H34N2O4. The van der Waals surface area contributed by atoms with Gasteiger partial charge in [0.15, 0.2) is 11.5 Å². The largest absolute Gasteiger partial charge is 0.493 e. The second-order valence-electron chi connectivity index (χ2n) is 10.00. The van der Waals surface area contributed by atoms with E-state index in [0.717, 1.165) is 37.1 Å². The van der Waals surface area contributed by atoms with Crippen LogP contribution in [0.5, 0.6) is 11.5 Å². The highest BCUT2D eigenvalue weighted by atomic mass is 16.5. The number of nitrogens with zero attached hydrogens (tertiary/aromatic N) is 1. The number of carbonyl (C=O) groups excluding carboxylic acids is 2. The van der Waals surface area contributed by atoms with Crippen LogP contribution in [0.15, 0.2) is 48.5 Å². The standard InChI is InChI=1S/C28H34N2O4/c1-19(31)15-22-16-21(20-7-4-3-5-8-20)11-13-30(22)27(32)24-17-29-18-28(24)12-14-34-26-23(28)9-6-10-25(26)33-2/h3-10,21-22,24,29H,11-18H2,1-2H3/t21?,22?,24-,28-/m0/s1. The summed E-state index contributed by atoms with van der Waals surface area (Å²) in [4.78, 5) is 28.4. The lowest BCUT2D eigenvalue weighted by molar-refractivity contribution is -0.142. The molecule has 4 atom stereocenters. The molecule has 34 heavy (non-hydrogen) atoms. The number of hydrogen-bond donors (Lipinski definition) is 1. The number of ether oxygens (including phenoxy) is 2. The lowest BCUT2D eigenvalue weighted by atomic mass is 9.68. The summed E-state index contributed by atoms with van der Waals surface area (Å²) in [5.74, 6) is 1.97. The molecule has 6 heteroatoms. The molecule has 1 N–H and O–H groups in total. The van der Waals surface area contributed by atoms with Crippen LogP contribution in [0.2, 0.25) is 0 Å². The van der Waals surface area contributed by atoms with E-state index in [-0.39, 0.29) is 29.1 Å². The number of rotatable bonds is 5. The van der Waals surface area contributed by atoms with E-state index in [1.807, 2.05) is 23.1 Å². The number of ketones is 1. The Kier molecular flexibility index (Phi) is 6.34. The topological polar surface area (TPSA) is 67.9 Å². The van der Waals surface area contributed by atoms with Crippen LogP contribution >= 0.6 is 0 Å². The van der Waals surface area contributed by atoms with Crippen LogP contribution in [0.25, 0.3) is 0 Å². The monoisotopic (exact) mass is 462 g/mol. The third-order valence-electron chi connectivity index (χ3n) is 8.08. The highest BCUT2D eigenvalue weighted by molar-refractivity contribution is 5.84. The van der Waals surface area contributed by atoms with Gasteiger partial charge in [0.1, 0.15) is 5.78 Å². The molecule has 6 nitrogen and oxygen atoms in total. The summed E-state index contributed by atoms with van der Waals surface area (Å²) in [6.07, 6.45) is 2.95. The molecule has 1 amide bonds. The number of carbonyl (C=O) groups is 2. The molecule has 2 aromatic carbocycles. The van der Waals surface area contributed by atoms with Gasteiger partial charge < -0.3 is 19.7 Å². The summed E-state index contributed by atoms with van der Waals surface area (Å²) in [6.45, 7) is 4.26. The van der Waals surface area contributed by atoms with Gasteiger partial charge in [-0.2, -0.15) is 0 Å². The zero-order valence-electron chi connectivity index (χ0n) is 20.1. The fourth-order valence-electron chi connectivity index (χ4n) is 6.41. The predicted octanol–water partition coefficient (Wildman–Crippen LogP) is 3.69. The zero-order valence-corrected chi connectivity index (χ0v) is 20.1. The second-order valence-corrected chi connectivity index (χ2v) is 10.00. The Morgan fingerprint density at radius 3 is 2.76 bits per heavy atom. The number of para-hydroxylation sites is 1. The number of piperidine rings is 1. The number of likely N-dealkylation sites (tertiary alicyclic amines) is 1. The van der Waals surface area contributed by atoms with Crippen LogP contribution < -0.4 is 14.8 Å². The van der Waals surface area contributed by atoms with Gasteiger partial charge in [0, 0.05) is 43.1 Å². The Balaban J connectivity index is 1.44. The summed E-state index contributed by atoms with van der Waals surface area (Å²) in [5.41, 5.74) is 2.03. The van der Waals surface area contributed by atoms with Gasteiger partial charge in [0.05, 0.1) is 19.6 Å². The van der Waals surface area contributed by atoms with E-state index in [1.54, 1.807) is 14.0 Å². The summed E-state index contributed by atoms with van der Waals surface area (Å²) in [5, 5.41) is 3.51. The number of benzene rings is 2. The van der Waals surface area contributed by atoms with Crippen molar-refractivity contribution in [3.05, 3.63) is 59.7 Å². The molecule has 2 saturated heterocycles. The van der Waals surface area contributed by atoms with Crippen molar-refractivity contribution in [1.82, 2.24) is 10.2 Å². The molecule has 0 aliphatic carbocycles. The van der Waals surface area contributed by atoms with E-state index in [4.69, 9.17) is 9.47 Å². The van der Waals surface area contributed by atoms with Crippen LogP contribution in [0, 0.1) is 5.92 Å². The van der Waals surface area contributed by atoms with Crippen LogP contribution in [-0.4, -0.2) is 56.0 Å². The van der Waals surface area contributed by atoms with Crippen molar-refractivity contribution in [1.29, 1.82) is 0 Å². The van der Waals surface area contributed by atoms with Crippen LogP contribution in [-0.2, 0) is 15.0 Å². The van der Waals surface area contributed by atoms with Crippen molar-refractivity contribution in [3.63, 3.8) is 0 Å². The smallest absolute Gasteiger partial charge is 0.228 e. The first kappa shape index (κ1) is 22.9. The number of amides is 1. The van der Waals surface area contributed by atoms with Gasteiger partial charge >= 0.3 is 0 Å². The molecule has 2 unspecified atom stereocenters. The van der Waals surface area contributed by atoms with Crippen molar-refractivity contribution in [2.45, 2.75) is 50.0 Å². The van der Waals surface area contributed by atoms with Crippen molar-refractivity contribution in [3.8, 4) is 11.5 Å². The van der Waals surface area contributed by atoms with Crippen molar-refractivity contribution < 1.29 is 19.1 Å².